The highest BCUT2D eigenvalue weighted by Crippen LogP contribution is 2.28. The minimum absolute atomic E-state index is 0.147. The van der Waals surface area contributed by atoms with Crippen molar-refractivity contribution in [1.29, 1.82) is 0 Å². The summed E-state index contributed by atoms with van der Waals surface area (Å²) in [7, 11) is 0. The summed E-state index contributed by atoms with van der Waals surface area (Å²) in [4.78, 5) is 19.0. The Kier molecular flexibility index (Phi) is 5.08. The molecule has 1 atom stereocenters. The molecule has 1 aliphatic rings. The number of nitrogens with zero attached hydrogens (tertiary/aromatic N) is 3. The van der Waals surface area contributed by atoms with Crippen molar-refractivity contribution in [2.24, 2.45) is 0 Å². The lowest BCUT2D eigenvalue weighted by Gasteiger charge is -2.15. The number of hydrogen-bond donors (Lipinski definition) is 0. The Morgan fingerprint density at radius 1 is 1.16 bits per heavy atom. The number of amides is 1. The normalized spacial score (nSPS) is 16.0. The first-order chi connectivity index (χ1) is 15.2. The van der Waals surface area contributed by atoms with Gasteiger partial charge in [-0.05, 0) is 36.2 Å². The highest BCUT2D eigenvalue weighted by molar-refractivity contribution is 5.92. The molecule has 2 aromatic carbocycles. The highest BCUT2D eigenvalue weighted by atomic mass is 19.1. The third-order valence-electron chi connectivity index (χ3n) is 5.56. The Morgan fingerprint density at radius 2 is 2.00 bits per heavy atom. The van der Waals surface area contributed by atoms with Crippen LogP contribution in [0.4, 0.5) is 4.39 Å². The van der Waals surface area contributed by atoms with Crippen LogP contribution in [0.3, 0.4) is 0 Å². The van der Waals surface area contributed by atoms with E-state index in [1.54, 1.807) is 29.3 Å². The second-order valence-corrected chi connectivity index (χ2v) is 7.59. The summed E-state index contributed by atoms with van der Waals surface area (Å²) >= 11 is 0. The number of rotatable bonds is 5. The van der Waals surface area contributed by atoms with Gasteiger partial charge in [0, 0.05) is 36.7 Å². The van der Waals surface area contributed by atoms with Crippen LogP contribution in [0.5, 0.6) is 5.75 Å². The lowest BCUT2D eigenvalue weighted by molar-refractivity contribution is 0.0780. The van der Waals surface area contributed by atoms with Gasteiger partial charge in [0.05, 0.1) is 0 Å². The van der Waals surface area contributed by atoms with Gasteiger partial charge in [0.1, 0.15) is 23.7 Å². The topological polar surface area (TPSA) is 68.5 Å². The number of hydrogen-bond acceptors (Lipinski definition) is 5. The molecular weight excluding hydrogens is 397 g/mol. The fourth-order valence-electron chi connectivity index (χ4n) is 3.94. The lowest BCUT2D eigenvalue weighted by atomic mass is 9.99. The maximum Gasteiger partial charge on any atom is 0.276 e. The number of aromatic nitrogens is 2. The molecule has 0 spiro atoms. The van der Waals surface area contributed by atoms with Crippen LogP contribution in [0.2, 0.25) is 0 Å². The minimum Gasteiger partial charge on any atom is -0.483 e. The minimum atomic E-state index is -0.258. The third-order valence-corrected chi connectivity index (χ3v) is 5.56. The van der Waals surface area contributed by atoms with Crippen LogP contribution in [0.15, 0.2) is 71.4 Å². The molecule has 0 saturated carbocycles. The molecule has 156 valence electrons. The highest BCUT2D eigenvalue weighted by Gasteiger charge is 2.29. The number of para-hydroxylation sites is 1. The predicted octanol–water partition coefficient (Wildman–Crippen LogP) is 4.57. The first kappa shape index (κ1) is 19.2. The zero-order valence-corrected chi connectivity index (χ0v) is 16.7. The van der Waals surface area contributed by atoms with Gasteiger partial charge >= 0.3 is 0 Å². The van der Waals surface area contributed by atoms with E-state index in [1.165, 1.54) is 12.1 Å². The number of fused-ring (bicyclic) bond motifs is 1. The van der Waals surface area contributed by atoms with Crippen LogP contribution < -0.4 is 4.74 Å². The molecule has 1 fully saturated rings. The summed E-state index contributed by atoms with van der Waals surface area (Å²) in [5.74, 6) is 0.866. The Hall–Kier alpha value is -3.74. The molecule has 1 amide bonds. The first-order valence-electron chi connectivity index (χ1n) is 10.1. The quantitative estimate of drug-likeness (QED) is 0.476. The molecule has 0 N–H and O–H groups in total. The third kappa shape index (κ3) is 3.99. The fraction of sp³-hybridized carbons (Fsp3) is 0.208. The molecule has 0 bridgehead atoms. The van der Waals surface area contributed by atoms with E-state index < -0.39 is 0 Å². The lowest BCUT2D eigenvalue weighted by Crippen LogP contribution is -2.28. The maximum absolute atomic E-state index is 13.2. The molecule has 0 unspecified atom stereocenters. The molecule has 7 heteroatoms. The molecule has 0 radical (unpaired) electrons. The molecule has 1 aliphatic heterocycles. The number of pyridine rings is 1. The number of carbonyl (C=O) groups is 1. The van der Waals surface area contributed by atoms with Crippen LogP contribution in [0, 0.1) is 5.82 Å². The van der Waals surface area contributed by atoms with Crippen LogP contribution in [-0.4, -0.2) is 34.0 Å². The Bertz CT molecular complexity index is 1220. The van der Waals surface area contributed by atoms with E-state index >= 15 is 0 Å². The van der Waals surface area contributed by atoms with Crippen molar-refractivity contribution in [1.82, 2.24) is 15.0 Å². The van der Waals surface area contributed by atoms with E-state index in [-0.39, 0.29) is 29.9 Å². The van der Waals surface area contributed by atoms with E-state index in [2.05, 4.69) is 10.1 Å². The van der Waals surface area contributed by atoms with Gasteiger partial charge in [0.2, 0.25) is 0 Å². The number of benzene rings is 2. The predicted molar refractivity (Wildman–Crippen MR) is 112 cm³/mol. The summed E-state index contributed by atoms with van der Waals surface area (Å²) in [5, 5.41) is 4.92. The van der Waals surface area contributed by atoms with Gasteiger partial charge in [-0.1, -0.05) is 35.5 Å². The SMILES string of the molecule is O=C(c1cc(COc2cccc3cccnc23)on1)N1CC[C@H](c2ccc(F)cc2)C1. The maximum atomic E-state index is 13.2. The average molecular weight is 417 g/mol. The molecule has 1 saturated heterocycles. The molecule has 2 aromatic heterocycles. The standard InChI is InChI=1S/C24H20FN3O3/c25-19-8-6-16(7-9-19)18-10-12-28(14-18)24(29)21-13-20(31-27-21)15-30-22-5-1-3-17-4-2-11-26-23(17)22/h1-9,11,13,18H,10,12,14-15H2/t18-/m0/s1. The van der Waals surface area contributed by atoms with Crippen LogP contribution >= 0.6 is 0 Å². The van der Waals surface area contributed by atoms with Gasteiger partial charge < -0.3 is 14.2 Å². The number of halogens is 1. The zero-order valence-electron chi connectivity index (χ0n) is 16.7. The van der Waals surface area contributed by atoms with Crippen molar-refractivity contribution in [3.05, 3.63) is 89.7 Å². The molecule has 4 aromatic rings. The second kappa shape index (κ2) is 8.18. The molecular formula is C24H20FN3O3. The Labute approximate surface area is 178 Å². The van der Waals surface area contributed by atoms with E-state index in [0.29, 0.717) is 24.6 Å². The molecule has 6 nitrogen and oxygen atoms in total. The summed E-state index contributed by atoms with van der Waals surface area (Å²) in [6.07, 6.45) is 2.55. The van der Waals surface area contributed by atoms with Gasteiger partial charge in [-0.15, -0.1) is 0 Å². The Morgan fingerprint density at radius 3 is 2.87 bits per heavy atom. The van der Waals surface area contributed by atoms with Gasteiger partial charge in [-0.3, -0.25) is 9.78 Å². The second-order valence-electron chi connectivity index (χ2n) is 7.59. The fourth-order valence-corrected chi connectivity index (χ4v) is 3.94. The summed E-state index contributed by atoms with van der Waals surface area (Å²) in [5.41, 5.74) is 2.06. The molecule has 31 heavy (non-hydrogen) atoms. The van der Waals surface area contributed by atoms with E-state index in [0.717, 1.165) is 22.9 Å². The van der Waals surface area contributed by atoms with E-state index in [1.807, 2.05) is 30.3 Å². The van der Waals surface area contributed by atoms with Crippen molar-refractivity contribution in [3.63, 3.8) is 0 Å². The van der Waals surface area contributed by atoms with Gasteiger partial charge in [0.25, 0.3) is 5.91 Å². The number of likely N-dealkylation sites (tertiary alicyclic amines) is 1. The van der Waals surface area contributed by atoms with Crippen molar-refractivity contribution >= 4 is 16.8 Å². The zero-order chi connectivity index (χ0) is 21.2. The number of ether oxygens (including phenoxy) is 1. The van der Waals surface area contributed by atoms with Crippen molar-refractivity contribution in [3.8, 4) is 5.75 Å². The summed E-state index contributed by atoms with van der Waals surface area (Å²) in [6, 6.07) is 17.6. The van der Waals surface area contributed by atoms with Crippen molar-refractivity contribution in [2.75, 3.05) is 13.1 Å². The van der Waals surface area contributed by atoms with Crippen LogP contribution in [0.25, 0.3) is 10.9 Å². The van der Waals surface area contributed by atoms with Crippen molar-refractivity contribution < 1.29 is 18.4 Å². The largest absolute Gasteiger partial charge is 0.483 e. The summed E-state index contributed by atoms with van der Waals surface area (Å²) < 4.78 is 24.3. The van der Waals surface area contributed by atoms with E-state index in [4.69, 9.17) is 9.26 Å². The first-order valence-corrected chi connectivity index (χ1v) is 10.1. The van der Waals surface area contributed by atoms with Crippen LogP contribution in [-0.2, 0) is 6.61 Å². The smallest absolute Gasteiger partial charge is 0.276 e. The molecule has 0 aliphatic carbocycles. The van der Waals surface area contributed by atoms with Gasteiger partial charge in [-0.25, -0.2) is 4.39 Å². The number of carbonyl (C=O) groups excluding carboxylic acids is 1. The summed E-state index contributed by atoms with van der Waals surface area (Å²) in [6.45, 7) is 1.35. The molecule has 3 heterocycles. The van der Waals surface area contributed by atoms with Gasteiger partial charge in [-0.2, -0.15) is 0 Å². The van der Waals surface area contributed by atoms with Crippen LogP contribution in [0.1, 0.15) is 34.2 Å². The monoisotopic (exact) mass is 417 g/mol. The Balaban J connectivity index is 1.23. The average Bonchev–Trinajstić information content (AvgIpc) is 3.48. The van der Waals surface area contributed by atoms with Gasteiger partial charge in [0.15, 0.2) is 11.5 Å². The van der Waals surface area contributed by atoms with E-state index in [9.17, 15) is 9.18 Å². The molecule has 5 rings (SSSR count). The van der Waals surface area contributed by atoms with Crippen molar-refractivity contribution in [2.45, 2.75) is 18.9 Å².